The number of hydrogen-bond acceptors (Lipinski definition) is 4. The van der Waals surface area contributed by atoms with Crippen molar-refractivity contribution in [1.29, 1.82) is 0 Å². The molecule has 20 heavy (non-hydrogen) atoms. The van der Waals surface area contributed by atoms with Crippen LogP contribution in [0.5, 0.6) is 0 Å². The van der Waals surface area contributed by atoms with Crippen LogP contribution in [-0.2, 0) is 9.59 Å². The molecule has 0 spiro atoms. The molecule has 0 aromatic carbocycles. The van der Waals surface area contributed by atoms with Crippen LogP contribution in [0.4, 0.5) is 0 Å². The molecule has 0 aromatic heterocycles. The molecule has 0 rings (SSSR count). The van der Waals surface area contributed by atoms with E-state index < -0.39 is 12.0 Å². The normalized spacial score (nSPS) is 12.1. The van der Waals surface area contributed by atoms with Gasteiger partial charge in [-0.2, -0.15) is 12.6 Å². The van der Waals surface area contributed by atoms with Crippen molar-refractivity contribution in [2.45, 2.75) is 63.8 Å². The molecule has 6 heteroatoms. The molecule has 0 aliphatic heterocycles. The third-order valence-corrected chi connectivity index (χ3v) is 3.42. The second kappa shape index (κ2) is 13.2. The zero-order chi connectivity index (χ0) is 15.2. The molecule has 0 aliphatic rings. The predicted molar refractivity (Wildman–Crippen MR) is 84.0 cm³/mol. The van der Waals surface area contributed by atoms with E-state index >= 15 is 0 Å². The minimum absolute atomic E-state index is 0.178. The summed E-state index contributed by atoms with van der Waals surface area (Å²) in [4.78, 5) is 22.5. The van der Waals surface area contributed by atoms with Crippen molar-refractivity contribution in [1.82, 2.24) is 5.32 Å². The van der Waals surface area contributed by atoms with Crippen LogP contribution < -0.4 is 11.1 Å². The van der Waals surface area contributed by atoms with Crippen molar-refractivity contribution in [2.75, 3.05) is 12.3 Å². The number of unbranched alkanes of at least 4 members (excludes halogenated alkanes) is 6. The first-order valence-electron chi connectivity index (χ1n) is 7.45. The van der Waals surface area contributed by atoms with Crippen molar-refractivity contribution in [3.05, 3.63) is 0 Å². The zero-order valence-corrected chi connectivity index (χ0v) is 13.0. The lowest BCUT2D eigenvalue weighted by molar-refractivity contribution is -0.141. The summed E-state index contributed by atoms with van der Waals surface area (Å²) in [5.74, 6) is -0.727. The van der Waals surface area contributed by atoms with E-state index in [0.29, 0.717) is 18.6 Å². The predicted octanol–water partition coefficient (Wildman–Crippen LogP) is 1.96. The molecule has 5 nitrogen and oxygen atoms in total. The van der Waals surface area contributed by atoms with Gasteiger partial charge in [-0.3, -0.25) is 4.79 Å². The van der Waals surface area contributed by atoms with E-state index in [2.05, 4.69) is 17.9 Å². The SMILES string of the molecule is NCCCCCCCCCC(=O)NC(CCS)C(=O)O. The van der Waals surface area contributed by atoms with Crippen LogP contribution in [0.2, 0.25) is 0 Å². The maximum atomic E-state index is 11.6. The number of hydrogen-bond donors (Lipinski definition) is 4. The molecular weight excluding hydrogens is 276 g/mol. The lowest BCUT2D eigenvalue weighted by Gasteiger charge is -2.13. The lowest BCUT2D eigenvalue weighted by Crippen LogP contribution is -2.40. The lowest BCUT2D eigenvalue weighted by atomic mass is 10.1. The van der Waals surface area contributed by atoms with E-state index in [1.165, 1.54) is 19.3 Å². The molecule has 1 atom stereocenters. The van der Waals surface area contributed by atoms with Gasteiger partial charge in [0.1, 0.15) is 6.04 Å². The summed E-state index contributed by atoms with van der Waals surface area (Å²) in [6.45, 7) is 0.761. The first-order valence-corrected chi connectivity index (χ1v) is 8.08. The van der Waals surface area contributed by atoms with Gasteiger partial charge in [-0.1, -0.05) is 32.1 Å². The largest absolute Gasteiger partial charge is 0.480 e. The third kappa shape index (κ3) is 11.1. The Morgan fingerprint density at radius 2 is 1.60 bits per heavy atom. The molecule has 118 valence electrons. The molecule has 0 aliphatic carbocycles. The molecular formula is C14H28N2O3S. The molecule has 0 bridgehead atoms. The fraction of sp³-hybridized carbons (Fsp3) is 0.857. The summed E-state index contributed by atoms with van der Waals surface area (Å²) >= 11 is 3.99. The highest BCUT2D eigenvalue weighted by molar-refractivity contribution is 7.80. The van der Waals surface area contributed by atoms with Crippen molar-refractivity contribution in [2.24, 2.45) is 5.73 Å². The summed E-state index contributed by atoms with van der Waals surface area (Å²) in [6.07, 6.45) is 8.36. The zero-order valence-electron chi connectivity index (χ0n) is 12.1. The minimum Gasteiger partial charge on any atom is -0.480 e. The highest BCUT2D eigenvalue weighted by Crippen LogP contribution is 2.08. The first kappa shape index (κ1) is 19.2. The van der Waals surface area contributed by atoms with E-state index in [1.807, 2.05) is 0 Å². The summed E-state index contributed by atoms with van der Waals surface area (Å²) in [7, 11) is 0. The topological polar surface area (TPSA) is 92.4 Å². The van der Waals surface area contributed by atoms with Crippen LogP contribution in [-0.4, -0.2) is 35.3 Å². The van der Waals surface area contributed by atoms with E-state index in [4.69, 9.17) is 10.8 Å². The second-order valence-electron chi connectivity index (χ2n) is 4.98. The standard InChI is InChI=1S/C14H28N2O3S/c15-10-7-5-3-1-2-4-6-8-13(17)16-12(9-11-20)14(18)19/h12,20H,1-11,15H2,(H,16,17)(H,18,19). The maximum Gasteiger partial charge on any atom is 0.326 e. The summed E-state index contributed by atoms with van der Waals surface area (Å²) < 4.78 is 0. The Kier molecular flexibility index (Phi) is 12.7. The fourth-order valence-electron chi connectivity index (χ4n) is 1.97. The highest BCUT2D eigenvalue weighted by Gasteiger charge is 2.18. The van der Waals surface area contributed by atoms with E-state index in [9.17, 15) is 9.59 Å². The molecule has 1 amide bonds. The Hall–Kier alpha value is -0.750. The van der Waals surface area contributed by atoms with Gasteiger partial charge in [0.15, 0.2) is 0 Å². The number of thiol groups is 1. The number of amides is 1. The van der Waals surface area contributed by atoms with Crippen molar-refractivity contribution < 1.29 is 14.7 Å². The Bertz CT molecular complexity index is 275. The second-order valence-corrected chi connectivity index (χ2v) is 5.43. The molecule has 0 fully saturated rings. The smallest absolute Gasteiger partial charge is 0.326 e. The molecule has 0 saturated carbocycles. The van der Waals surface area contributed by atoms with Crippen molar-refractivity contribution in [3.63, 3.8) is 0 Å². The van der Waals surface area contributed by atoms with Gasteiger partial charge in [0.25, 0.3) is 0 Å². The number of carboxylic acid groups (broad SMARTS) is 1. The van der Waals surface area contributed by atoms with Crippen LogP contribution >= 0.6 is 12.6 Å². The molecule has 4 N–H and O–H groups in total. The number of aliphatic carboxylic acids is 1. The summed E-state index contributed by atoms with van der Waals surface area (Å²) in [6, 6.07) is -0.809. The Labute approximate surface area is 127 Å². The van der Waals surface area contributed by atoms with Gasteiger partial charge in [0, 0.05) is 6.42 Å². The molecule has 1 unspecified atom stereocenters. The molecule has 0 saturated heterocycles. The molecule has 0 aromatic rings. The van der Waals surface area contributed by atoms with Gasteiger partial charge in [-0.25, -0.2) is 4.79 Å². The van der Waals surface area contributed by atoms with Crippen molar-refractivity contribution >= 4 is 24.5 Å². The van der Waals surface area contributed by atoms with E-state index in [-0.39, 0.29) is 5.91 Å². The Morgan fingerprint density at radius 1 is 1.05 bits per heavy atom. The number of rotatable bonds is 13. The Morgan fingerprint density at radius 3 is 2.10 bits per heavy atom. The van der Waals surface area contributed by atoms with Gasteiger partial charge in [0.2, 0.25) is 5.91 Å². The van der Waals surface area contributed by atoms with Crippen LogP contribution in [0.15, 0.2) is 0 Å². The van der Waals surface area contributed by atoms with Gasteiger partial charge in [-0.05, 0) is 31.6 Å². The summed E-state index contributed by atoms with van der Waals surface area (Å²) in [5.41, 5.74) is 5.42. The number of nitrogens with one attached hydrogen (secondary N) is 1. The summed E-state index contributed by atoms with van der Waals surface area (Å²) in [5, 5.41) is 11.4. The van der Waals surface area contributed by atoms with Crippen LogP contribution in [0.25, 0.3) is 0 Å². The fourth-order valence-corrected chi connectivity index (χ4v) is 2.22. The number of carbonyl (C=O) groups is 2. The molecule has 0 heterocycles. The first-order chi connectivity index (χ1) is 9.61. The third-order valence-electron chi connectivity index (χ3n) is 3.16. The number of carboxylic acids is 1. The Balaban J connectivity index is 3.55. The highest BCUT2D eigenvalue weighted by atomic mass is 32.1. The average Bonchev–Trinajstić information content (AvgIpc) is 2.41. The van der Waals surface area contributed by atoms with Gasteiger partial charge in [0.05, 0.1) is 0 Å². The van der Waals surface area contributed by atoms with Crippen LogP contribution in [0.1, 0.15) is 57.8 Å². The van der Waals surface area contributed by atoms with Crippen LogP contribution in [0, 0.1) is 0 Å². The number of nitrogens with two attached hydrogens (primary N) is 1. The van der Waals surface area contributed by atoms with E-state index in [0.717, 1.165) is 32.2 Å². The minimum atomic E-state index is -0.993. The van der Waals surface area contributed by atoms with Gasteiger partial charge >= 0.3 is 5.97 Å². The van der Waals surface area contributed by atoms with Crippen molar-refractivity contribution in [3.8, 4) is 0 Å². The molecule has 0 radical (unpaired) electrons. The van der Waals surface area contributed by atoms with Crippen LogP contribution in [0.3, 0.4) is 0 Å². The monoisotopic (exact) mass is 304 g/mol. The van der Waals surface area contributed by atoms with Gasteiger partial charge in [-0.15, -0.1) is 0 Å². The average molecular weight is 304 g/mol. The van der Waals surface area contributed by atoms with Gasteiger partial charge < -0.3 is 16.2 Å². The quantitative estimate of drug-likeness (QED) is 0.309. The maximum absolute atomic E-state index is 11.6. The number of carbonyl (C=O) groups excluding carboxylic acids is 1. The van der Waals surface area contributed by atoms with E-state index in [1.54, 1.807) is 0 Å².